The lowest BCUT2D eigenvalue weighted by atomic mass is 9.85. The maximum Gasteiger partial charge on any atom is 0.278 e. The van der Waals surface area contributed by atoms with E-state index in [1.54, 1.807) is 5.01 Å². The van der Waals surface area contributed by atoms with Gasteiger partial charge in [0.25, 0.3) is 17.7 Å². The van der Waals surface area contributed by atoms with Crippen molar-refractivity contribution in [3.05, 3.63) is 63.1 Å². The van der Waals surface area contributed by atoms with Gasteiger partial charge in [0.15, 0.2) is 11.4 Å². The number of aromatic nitrogens is 1. The lowest BCUT2D eigenvalue weighted by Crippen LogP contribution is -2.68. The zero-order valence-electron chi connectivity index (χ0n) is 18.4. The fraction of sp³-hybridized carbons (Fsp3) is 0.435. The zero-order valence-corrected chi connectivity index (χ0v) is 18.4. The Morgan fingerprint density at radius 1 is 1.17 bits per heavy atom. The largest absolute Gasteiger partial charge is 0.502 e. The predicted octanol–water partition coefficient (Wildman–Crippen LogP) is 2.46. The fourth-order valence-corrected chi connectivity index (χ4v) is 5.01. The average Bonchev–Trinajstić information content (AvgIpc) is 2.79. The van der Waals surface area contributed by atoms with Crippen LogP contribution in [0.4, 0.5) is 17.6 Å². The standard InChI is InChI=1S/C23H22F4N4O4/c24-13-5-4-12(16(25)7-13)10-28-21(34)15-11-30-18(20(33)19(15)32)22(35)31(14-8-23(26,27)9-14)17-3-1-2-6-29(17)30/h4-5,7,11,14,17,33H,1-3,6,8-10H2,(H,28,34)/t17-/m1/s1. The normalized spacial score (nSPS) is 21.3. The summed E-state index contributed by atoms with van der Waals surface area (Å²) in [6.45, 7) is 0.0660. The van der Waals surface area contributed by atoms with Crippen molar-refractivity contribution in [3.8, 4) is 5.75 Å². The number of pyridine rings is 1. The third-order valence-corrected chi connectivity index (χ3v) is 6.80. The second kappa shape index (κ2) is 8.28. The van der Waals surface area contributed by atoms with E-state index in [1.807, 2.05) is 0 Å². The quantitative estimate of drug-likeness (QED) is 0.637. The third-order valence-electron chi connectivity index (χ3n) is 6.80. The first-order valence-corrected chi connectivity index (χ1v) is 11.3. The highest BCUT2D eigenvalue weighted by molar-refractivity contribution is 5.99. The number of carbonyl (C=O) groups is 2. The summed E-state index contributed by atoms with van der Waals surface area (Å²) in [5, 5.41) is 14.7. The molecule has 1 saturated heterocycles. The highest BCUT2D eigenvalue weighted by atomic mass is 19.3. The van der Waals surface area contributed by atoms with Gasteiger partial charge >= 0.3 is 0 Å². The summed E-state index contributed by atoms with van der Waals surface area (Å²) in [5.41, 5.74) is -1.99. The van der Waals surface area contributed by atoms with Crippen molar-refractivity contribution >= 4 is 11.8 Å². The Hall–Kier alpha value is -3.57. The molecule has 0 unspecified atom stereocenters. The molecule has 2 fully saturated rings. The second-order valence-corrected chi connectivity index (χ2v) is 9.10. The molecule has 186 valence electrons. The van der Waals surface area contributed by atoms with Crippen LogP contribution < -0.4 is 15.8 Å². The van der Waals surface area contributed by atoms with Gasteiger partial charge in [0.1, 0.15) is 23.4 Å². The molecule has 8 nitrogen and oxygen atoms in total. The molecule has 1 aliphatic carbocycles. The van der Waals surface area contributed by atoms with E-state index in [4.69, 9.17) is 0 Å². The summed E-state index contributed by atoms with van der Waals surface area (Å²) in [5.74, 6) is -7.16. The van der Waals surface area contributed by atoms with Gasteiger partial charge in [-0.3, -0.25) is 24.1 Å². The molecule has 1 aromatic heterocycles. The molecule has 2 aromatic rings. The van der Waals surface area contributed by atoms with E-state index in [1.165, 1.54) is 9.58 Å². The molecule has 0 bridgehead atoms. The molecule has 2 N–H and O–H groups in total. The molecule has 0 spiro atoms. The molecule has 2 amide bonds. The summed E-state index contributed by atoms with van der Waals surface area (Å²) >= 11 is 0. The first-order valence-electron chi connectivity index (χ1n) is 11.3. The van der Waals surface area contributed by atoms with Crippen LogP contribution in [0.2, 0.25) is 0 Å². The minimum absolute atomic E-state index is 0.0127. The van der Waals surface area contributed by atoms with E-state index in [0.29, 0.717) is 19.0 Å². The van der Waals surface area contributed by atoms with Crippen molar-refractivity contribution in [2.75, 3.05) is 11.6 Å². The SMILES string of the molecule is O=C(NCc1ccc(F)cc1F)c1cn2c(c(O)c1=O)C(=O)N(C1CC(F)(F)C1)[C@@H]1CCCCN12. The Morgan fingerprint density at radius 3 is 2.60 bits per heavy atom. The maximum absolute atomic E-state index is 13.9. The minimum atomic E-state index is -2.87. The predicted molar refractivity (Wildman–Crippen MR) is 115 cm³/mol. The number of amides is 2. The molecule has 3 heterocycles. The van der Waals surface area contributed by atoms with Crippen molar-refractivity contribution in [3.63, 3.8) is 0 Å². The van der Waals surface area contributed by atoms with Crippen molar-refractivity contribution in [2.45, 2.75) is 56.8 Å². The van der Waals surface area contributed by atoms with Gasteiger partial charge in [0, 0.05) is 49.8 Å². The molecule has 0 radical (unpaired) electrons. The molecule has 1 aromatic carbocycles. The molecular formula is C23H22F4N4O4. The number of benzene rings is 1. The Labute approximate surface area is 196 Å². The fourth-order valence-electron chi connectivity index (χ4n) is 5.01. The number of hydrogen-bond donors (Lipinski definition) is 2. The number of hydrogen-bond acceptors (Lipinski definition) is 5. The Balaban J connectivity index is 1.48. The van der Waals surface area contributed by atoms with E-state index < -0.39 is 71.2 Å². The lowest BCUT2D eigenvalue weighted by Gasteiger charge is -2.54. The van der Waals surface area contributed by atoms with Crippen LogP contribution in [-0.4, -0.2) is 51.2 Å². The highest BCUT2D eigenvalue weighted by Crippen LogP contribution is 2.44. The van der Waals surface area contributed by atoms with Crippen LogP contribution in [0.15, 0.2) is 29.2 Å². The molecule has 1 saturated carbocycles. The number of aromatic hydroxyl groups is 1. The van der Waals surface area contributed by atoms with Gasteiger partial charge in [0.2, 0.25) is 5.43 Å². The first-order chi connectivity index (χ1) is 16.6. The summed E-state index contributed by atoms with van der Waals surface area (Å²) < 4.78 is 55.4. The monoisotopic (exact) mass is 494 g/mol. The van der Waals surface area contributed by atoms with Crippen molar-refractivity contribution in [2.24, 2.45) is 0 Å². The van der Waals surface area contributed by atoms with Crippen molar-refractivity contribution in [1.29, 1.82) is 0 Å². The Morgan fingerprint density at radius 2 is 1.91 bits per heavy atom. The van der Waals surface area contributed by atoms with Gasteiger partial charge in [-0.25, -0.2) is 17.6 Å². The van der Waals surface area contributed by atoms with Gasteiger partial charge in [0.05, 0.1) is 0 Å². The summed E-state index contributed by atoms with van der Waals surface area (Å²) in [7, 11) is 0. The number of nitrogens with one attached hydrogen (secondary N) is 1. The number of halogens is 4. The van der Waals surface area contributed by atoms with Gasteiger partial charge in [-0.1, -0.05) is 6.07 Å². The van der Waals surface area contributed by atoms with E-state index in [2.05, 4.69) is 5.32 Å². The van der Waals surface area contributed by atoms with E-state index in [9.17, 15) is 37.1 Å². The molecule has 35 heavy (non-hydrogen) atoms. The summed E-state index contributed by atoms with van der Waals surface area (Å²) in [6, 6.07) is 2.11. The van der Waals surface area contributed by atoms with Crippen LogP contribution in [-0.2, 0) is 6.54 Å². The summed E-state index contributed by atoms with van der Waals surface area (Å²) in [6.07, 6.45) is 1.57. The van der Waals surface area contributed by atoms with Gasteiger partial charge in [-0.05, 0) is 25.3 Å². The van der Waals surface area contributed by atoms with E-state index >= 15 is 0 Å². The average molecular weight is 494 g/mol. The van der Waals surface area contributed by atoms with Crippen LogP contribution >= 0.6 is 0 Å². The lowest BCUT2D eigenvalue weighted by molar-refractivity contribution is -0.126. The Bertz CT molecular complexity index is 1270. The molecular weight excluding hydrogens is 472 g/mol. The maximum atomic E-state index is 13.9. The van der Waals surface area contributed by atoms with E-state index in [-0.39, 0.29) is 17.8 Å². The molecule has 3 aliphatic rings. The van der Waals surface area contributed by atoms with Crippen LogP contribution in [0.5, 0.6) is 5.75 Å². The minimum Gasteiger partial charge on any atom is -0.502 e. The van der Waals surface area contributed by atoms with Gasteiger partial charge in [-0.15, -0.1) is 0 Å². The van der Waals surface area contributed by atoms with Gasteiger partial charge in [-0.2, -0.15) is 0 Å². The molecule has 2 aliphatic heterocycles. The number of alkyl halides is 2. The number of fused-ring (bicyclic) bond motifs is 3. The first kappa shape index (κ1) is 23.2. The third kappa shape index (κ3) is 3.90. The smallest absolute Gasteiger partial charge is 0.278 e. The molecule has 12 heteroatoms. The highest BCUT2D eigenvalue weighted by Gasteiger charge is 2.54. The van der Waals surface area contributed by atoms with Crippen molar-refractivity contribution < 1.29 is 32.3 Å². The number of carbonyl (C=O) groups excluding carboxylic acids is 2. The van der Waals surface area contributed by atoms with Crippen LogP contribution in [0.1, 0.15) is 58.5 Å². The molecule has 1 atom stereocenters. The number of rotatable bonds is 4. The topological polar surface area (TPSA) is 94.9 Å². The zero-order chi connectivity index (χ0) is 25.1. The number of piperidine rings is 1. The van der Waals surface area contributed by atoms with Gasteiger partial charge < -0.3 is 15.3 Å². The molecule has 5 rings (SSSR count). The Kier molecular flexibility index (Phi) is 5.48. The summed E-state index contributed by atoms with van der Waals surface area (Å²) in [4.78, 5) is 40.2. The van der Waals surface area contributed by atoms with Crippen LogP contribution in [0.3, 0.4) is 0 Å². The van der Waals surface area contributed by atoms with E-state index in [0.717, 1.165) is 31.2 Å². The second-order valence-electron chi connectivity index (χ2n) is 9.10. The van der Waals surface area contributed by atoms with Crippen LogP contribution in [0.25, 0.3) is 0 Å². The van der Waals surface area contributed by atoms with Crippen molar-refractivity contribution in [1.82, 2.24) is 14.9 Å². The number of nitrogens with zero attached hydrogens (tertiary/aromatic N) is 3. The van der Waals surface area contributed by atoms with Crippen LogP contribution in [0, 0.1) is 11.6 Å².